The van der Waals surface area contributed by atoms with Gasteiger partial charge in [0.1, 0.15) is 0 Å². The molecule has 1 atom stereocenters. The largest absolute Gasteiger partial charge is 0.317 e. The molecule has 1 rings (SSSR count). The fourth-order valence-corrected chi connectivity index (χ4v) is 3.13. The van der Waals surface area contributed by atoms with Gasteiger partial charge in [0, 0.05) is 7.05 Å². The lowest BCUT2D eigenvalue weighted by Crippen LogP contribution is -2.24. The van der Waals surface area contributed by atoms with Crippen molar-refractivity contribution in [2.24, 2.45) is 13.0 Å². The fourth-order valence-electron chi connectivity index (χ4n) is 2.35. The summed E-state index contributed by atoms with van der Waals surface area (Å²) in [6, 6.07) is 0. The predicted molar refractivity (Wildman–Crippen MR) is 80.9 cm³/mol. The fraction of sp³-hybridized carbons (Fsp3) is 0.786. The first-order valence-corrected chi connectivity index (χ1v) is 7.84. The first-order valence-electron chi connectivity index (χ1n) is 7.04. The molecule has 0 aromatic carbocycles. The number of hydrogen-bond acceptors (Lipinski definition) is 2. The molecule has 0 fully saturated rings. The summed E-state index contributed by atoms with van der Waals surface area (Å²) in [5, 5.41) is 8.04. The van der Waals surface area contributed by atoms with Crippen LogP contribution < -0.4 is 5.32 Å². The summed E-state index contributed by atoms with van der Waals surface area (Å²) < 4.78 is 3.25. The summed E-state index contributed by atoms with van der Waals surface area (Å²) in [7, 11) is 2.05. The van der Waals surface area contributed by atoms with Crippen molar-refractivity contribution >= 4 is 15.9 Å². The van der Waals surface area contributed by atoms with Crippen molar-refractivity contribution in [3.8, 4) is 0 Å². The molecule has 0 radical (unpaired) electrons. The van der Waals surface area contributed by atoms with Gasteiger partial charge in [0.05, 0.1) is 15.9 Å². The summed E-state index contributed by atoms with van der Waals surface area (Å²) in [5.41, 5.74) is 2.51. The molecule has 3 nitrogen and oxygen atoms in total. The molecule has 0 saturated carbocycles. The normalized spacial score (nSPS) is 12.9. The number of nitrogens with one attached hydrogen (secondary N) is 1. The second kappa shape index (κ2) is 7.95. The first-order chi connectivity index (χ1) is 8.63. The molecular weight excluding hydrogens is 290 g/mol. The quantitative estimate of drug-likeness (QED) is 0.797. The summed E-state index contributed by atoms with van der Waals surface area (Å²) >= 11 is 3.71. The maximum atomic E-state index is 4.57. The lowest BCUT2D eigenvalue weighted by Gasteiger charge is -2.16. The summed E-state index contributed by atoms with van der Waals surface area (Å²) in [4.78, 5) is 0. The second-order valence-electron chi connectivity index (χ2n) is 4.85. The van der Waals surface area contributed by atoms with Gasteiger partial charge in [0.25, 0.3) is 0 Å². The maximum absolute atomic E-state index is 4.57. The molecule has 18 heavy (non-hydrogen) atoms. The maximum Gasteiger partial charge on any atom is 0.0766 e. The van der Waals surface area contributed by atoms with Crippen LogP contribution in [0.15, 0.2) is 4.47 Å². The molecule has 1 unspecified atom stereocenters. The van der Waals surface area contributed by atoms with E-state index in [1.165, 1.54) is 28.7 Å². The molecule has 1 aromatic rings. The first kappa shape index (κ1) is 15.7. The van der Waals surface area contributed by atoms with Gasteiger partial charge in [-0.3, -0.25) is 4.68 Å². The number of nitrogens with zero attached hydrogens (tertiary/aromatic N) is 2. The van der Waals surface area contributed by atoms with Crippen molar-refractivity contribution in [3.63, 3.8) is 0 Å². The van der Waals surface area contributed by atoms with Crippen LogP contribution in [0.3, 0.4) is 0 Å². The lowest BCUT2D eigenvalue weighted by molar-refractivity contribution is 0.433. The molecule has 0 amide bonds. The van der Waals surface area contributed by atoms with E-state index >= 15 is 0 Å². The molecule has 0 bridgehead atoms. The minimum atomic E-state index is 0.700. The molecule has 1 aromatic heterocycles. The molecule has 1 N–H and O–H groups in total. The van der Waals surface area contributed by atoms with E-state index in [-0.39, 0.29) is 0 Å². The van der Waals surface area contributed by atoms with Gasteiger partial charge in [-0.1, -0.05) is 27.2 Å². The van der Waals surface area contributed by atoms with Crippen LogP contribution in [0.5, 0.6) is 0 Å². The molecular formula is C14H26BrN3. The Morgan fingerprint density at radius 3 is 2.56 bits per heavy atom. The minimum absolute atomic E-state index is 0.700. The highest BCUT2D eigenvalue weighted by Gasteiger charge is 2.17. The molecule has 0 spiro atoms. The third kappa shape index (κ3) is 4.09. The summed E-state index contributed by atoms with van der Waals surface area (Å²) in [6.45, 7) is 8.72. The third-order valence-electron chi connectivity index (χ3n) is 3.36. The molecule has 0 aliphatic rings. The topological polar surface area (TPSA) is 29.9 Å². The van der Waals surface area contributed by atoms with Crippen LogP contribution in [0, 0.1) is 5.92 Å². The number of halogens is 1. The van der Waals surface area contributed by atoms with E-state index in [0.29, 0.717) is 5.92 Å². The summed E-state index contributed by atoms with van der Waals surface area (Å²) in [6.07, 6.45) is 4.60. The van der Waals surface area contributed by atoms with E-state index in [0.717, 1.165) is 25.9 Å². The van der Waals surface area contributed by atoms with Gasteiger partial charge in [0.15, 0.2) is 0 Å². The van der Waals surface area contributed by atoms with Crippen molar-refractivity contribution in [3.05, 3.63) is 15.9 Å². The molecule has 1 heterocycles. The van der Waals surface area contributed by atoms with Gasteiger partial charge in [-0.15, -0.1) is 0 Å². The Balaban J connectivity index is 2.76. The highest BCUT2D eigenvalue weighted by atomic mass is 79.9. The standard InChI is InChI=1S/C14H26BrN3/c1-5-8-11(10-16-7-3)9-13-14(15)12(6-2)17-18(13)4/h11,16H,5-10H2,1-4H3. The predicted octanol–water partition coefficient (Wildman–Crippen LogP) is 3.31. The Morgan fingerprint density at radius 1 is 1.33 bits per heavy atom. The Bertz CT molecular complexity index is 360. The van der Waals surface area contributed by atoms with E-state index in [2.05, 4.69) is 54.2 Å². The van der Waals surface area contributed by atoms with Gasteiger partial charge < -0.3 is 5.32 Å². The van der Waals surface area contributed by atoms with Crippen molar-refractivity contribution in [2.75, 3.05) is 13.1 Å². The summed E-state index contributed by atoms with van der Waals surface area (Å²) in [5.74, 6) is 0.700. The van der Waals surface area contributed by atoms with Crippen LogP contribution in [0.4, 0.5) is 0 Å². The molecule has 104 valence electrons. The Labute approximate surface area is 119 Å². The van der Waals surface area contributed by atoms with Crippen molar-refractivity contribution in [1.29, 1.82) is 0 Å². The SMILES string of the molecule is CCCC(CNCC)Cc1c(Br)c(CC)nn1C. The van der Waals surface area contributed by atoms with Crippen LogP contribution in [0.25, 0.3) is 0 Å². The van der Waals surface area contributed by atoms with Gasteiger partial charge in [-0.2, -0.15) is 5.10 Å². The number of aromatic nitrogens is 2. The van der Waals surface area contributed by atoms with Crippen molar-refractivity contribution in [1.82, 2.24) is 15.1 Å². The zero-order valence-electron chi connectivity index (χ0n) is 12.1. The molecule has 0 saturated heterocycles. The molecule has 0 aliphatic carbocycles. The smallest absolute Gasteiger partial charge is 0.0766 e. The van der Waals surface area contributed by atoms with Crippen LogP contribution in [0.2, 0.25) is 0 Å². The molecule has 0 aliphatic heterocycles. The van der Waals surface area contributed by atoms with Gasteiger partial charge in [-0.25, -0.2) is 0 Å². The van der Waals surface area contributed by atoms with Crippen molar-refractivity contribution < 1.29 is 0 Å². The number of hydrogen-bond donors (Lipinski definition) is 1. The Hall–Kier alpha value is -0.350. The van der Waals surface area contributed by atoms with Crippen LogP contribution in [-0.2, 0) is 19.9 Å². The van der Waals surface area contributed by atoms with E-state index in [4.69, 9.17) is 0 Å². The van der Waals surface area contributed by atoms with E-state index in [9.17, 15) is 0 Å². The highest BCUT2D eigenvalue weighted by molar-refractivity contribution is 9.10. The minimum Gasteiger partial charge on any atom is -0.317 e. The van der Waals surface area contributed by atoms with Gasteiger partial charge >= 0.3 is 0 Å². The average molecular weight is 316 g/mol. The van der Waals surface area contributed by atoms with Gasteiger partial charge in [0.2, 0.25) is 0 Å². The van der Waals surface area contributed by atoms with Gasteiger partial charge in [-0.05, 0) is 54.2 Å². The van der Waals surface area contributed by atoms with E-state index in [1.54, 1.807) is 0 Å². The molecule has 4 heteroatoms. The van der Waals surface area contributed by atoms with E-state index < -0.39 is 0 Å². The zero-order valence-corrected chi connectivity index (χ0v) is 13.7. The Morgan fingerprint density at radius 2 is 2.06 bits per heavy atom. The average Bonchev–Trinajstić information content (AvgIpc) is 2.63. The lowest BCUT2D eigenvalue weighted by atomic mass is 9.97. The highest BCUT2D eigenvalue weighted by Crippen LogP contribution is 2.25. The van der Waals surface area contributed by atoms with Crippen LogP contribution in [-0.4, -0.2) is 22.9 Å². The number of aryl methyl sites for hydroxylation is 2. The van der Waals surface area contributed by atoms with Crippen LogP contribution in [0.1, 0.15) is 45.0 Å². The van der Waals surface area contributed by atoms with Crippen LogP contribution >= 0.6 is 15.9 Å². The zero-order chi connectivity index (χ0) is 13.5. The second-order valence-corrected chi connectivity index (χ2v) is 5.64. The third-order valence-corrected chi connectivity index (χ3v) is 4.28. The number of rotatable bonds is 8. The van der Waals surface area contributed by atoms with E-state index in [1.807, 2.05) is 4.68 Å². The monoisotopic (exact) mass is 315 g/mol. The van der Waals surface area contributed by atoms with Crippen molar-refractivity contribution in [2.45, 2.75) is 46.5 Å². The Kier molecular flexibility index (Phi) is 6.94.